The van der Waals surface area contributed by atoms with E-state index in [0.717, 1.165) is 19.3 Å². The minimum absolute atomic E-state index is 0.0403. The molecule has 3 rings (SSSR count). The van der Waals surface area contributed by atoms with Crippen LogP contribution in [0.25, 0.3) is 0 Å². The fourth-order valence-corrected chi connectivity index (χ4v) is 3.89. The van der Waals surface area contributed by atoms with Gasteiger partial charge >= 0.3 is 0 Å². The molecule has 0 aromatic heterocycles. The van der Waals surface area contributed by atoms with Gasteiger partial charge in [0.15, 0.2) is 0 Å². The summed E-state index contributed by atoms with van der Waals surface area (Å²) in [5.74, 6) is -0.463. The minimum atomic E-state index is -0.350. The number of aryl methyl sites for hydroxylation is 1. The number of hydrogen-bond donors (Lipinski definition) is 2. The first-order valence-corrected chi connectivity index (χ1v) is 10.1. The molecule has 0 aliphatic heterocycles. The Morgan fingerprint density at radius 2 is 1.93 bits per heavy atom. The summed E-state index contributed by atoms with van der Waals surface area (Å²) in [6, 6.07) is 13.9. The molecule has 2 atom stereocenters. The molecular weight excluding hydrogens is 363 g/mol. The maximum atomic E-state index is 12.9. The number of fused-ring (bicyclic) bond motifs is 1. The van der Waals surface area contributed by atoms with Gasteiger partial charge in [0.05, 0.1) is 17.0 Å². The van der Waals surface area contributed by atoms with Crippen molar-refractivity contribution in [3.63, 3.8) is 0 Å². The first-order chi connectivity index (χ1) is 13.0. The molecule has 2 aromatic rings. The Morgan fingerprint density at radius 1 is 1.19 bits per heavy atom. The zero-order chi connectivity index (χ0) is 19.2. The van der Waals surface area contributed by atoms with E-state index < -0.39 is 0 Å². The van der Waals surface area contributed by atoms with Gasteiger partial charge in [-0.05, 0) is 61.6 Å². The van der Waals surface area contributed by atoms with Crippen LogP contribution >= 0.6 is 11.8 Å². The number of rotatable bonds is 6. The second kappa shape index (κ2) is 9.04. The van der Waals surface area contributed by atoms with Crippen LogP contribution < -0.4 is 10.6 Å². The Labute approximate surface area is 162 Å². The summed E-state index contributed by atoms with van der Waals surface area (Å²) < 4.78 is 12.9. The average Bonchev–Trinajstić information content (AvgIpc) is 2.68. The predicted octanol–water partition coefficient (Wildman–Crippen LogP) is 4.08. The van der Waals surface area contributed by atoms with E-state index in [-0.39, 0.29) is 34.7 Å². The second-order valence-electron chi connectivity index (χ2n) is 6.66. The lowest BCUT2D eigenvalue weighted by molar-refractivity contribution is -0.121. The fraction of sp³-hybridized carbons (Fsp3) is 0.333. The second-order valence-corrected chi connectivity index (χ2v) is 7.99. The van der Waals surface area contributed by atoms with Crippen LogP contribution in [0.15, 0.2) is 48.5 Å². The lowest BCUT2D eigenvalue weighted by Gasteiger charge is -2.27. The van der Waals surface area contributed by atoms with Gasteiger partial charge in [0.1, 0.15) is 5.82 Å². The summed E-state index contributed by atoms with van der Waals surface area (Å²) >= 11 is 1.29. The SMILES string of the molecule is C[C@H](SCC(=O)Nc1ccc(F)cc1)C(=O)N[C@H]1CCCc2ccccc21. The summed E-state index contributed by atoms with van der Waals surface area (Å²) in [5.41, 5.74) is 3.04. The van der Waals surface area contributed by atoms with Crippen molar-refractivity contribution in [1.29, 1.82) is 0 Å². The highest BCUT2D eigenvalue weighted by atomic mass is 32.2. The lowest BCUT2D eigenvalue weighted by atomic mass is 9.88. The Bertz CT molecular complexity index is 810. The molecule has 0 saturated heterocycles. The molecular formula is C21H23FN2O2S. The number of hydrogen-bond acceptors (Lipinski definition) is 3. The molecule has 0 spiro atoms. The van der Waals surface area contributed by atoms with Crippen molar-refractivity contribution in [2.45, 2.75) is 37.5 Å². The summed E-state index contributed by atoms with van der Waals surface area (Å²) in [6.45, 7) is 1.81. The summed E-state index contributed by atoms with van der Waals surface area (Å²) in [5, 5.41) is 5.49. The van der Waals surface area contributed by atoms with Crippen LogP contribution in [0.4, 0.5) is 10.1 Å². The minimum Gasteiger partial charge on any atom is -0.348 e. The van der Waals surface area contributed by atoms with Gasteiger partial charge in [0.25, 0.3) is 0 Å². The molecule has 0 heterocycles. The number of nitrogens with one attached hydrogen (secondary N) is 2. The van der Waals surface area contributed by atoms with E-state index in [2.05, 4.69) is 22.8 Å². The fourth-order valence-electron chi connectivity index (χ4n) is 3.20. The van der Waals surface area contributed by atoms with Crippen LogP contribution in [0.1, 0.15) is 36.9 Å². The van der Waals surface area contributed by atoms with E-state index in [1.807, 2.05) is 12.1 Å². The molecule has 0 fully saturated rings. The van der Waals surface area contributed by atoms with Gasteiger partial charge in [-0.3, -0.25) is 9.59 Å². The first kappa shape index (κ1) is 19.4. The van der Waals surface area contributed by atoms with Gasteiger partial charge in [-0.15, -0.1) is 11.8 Å². The maximum Gasteiger partial charge on any atom is 0.234 e. The van der Waals surface area contributed by atoms with E-state index in [0.29, 0.717) is 5.69 Å². The van der Waals surface area contributed by atoms with E-state index >= 15 is 0 Å². The first-order valence-electron chi connectivity index (χ1n) is 9.08. The number of anilines is 1. The molecule has 2 N–H and O–H groups in total. The summed E-state index contributed by atoms with van der Waals surface area (Å²) in [6.07, 6.45) is 3.05. The van der Waals surface area contributed by atoms with Crippen molar-refractivity contribution in [3.05, 3.63) is 65.5 Å². The monoisotopic (exact) mass is 386 g/mol. The highest BCUT2D eigenvalue weighted by molar-refractivity contribution is 8.01. The maximum absolute atomic E-state index is 12.9. The summed E-state index contributed by atoms with van der Waals surface area (Å²) in [4.78, 5) is 24.5. The van der Waals surface area contributed by atoms with Crippen molar-refractivity contribution in [1.82, 2.24) is 5.32 Å². The lowest BCUT2D eigenvalue weighted by Crippen LogP contribution is -2.36. The third-order valence-electron chi connectivity index (χ3n) is 4.65. The van der Waals surface area contributed by atoms with Gasteiger partial charge in [-0.25, -0.2) is 4.39 Å². The van der Waals surface area contributed by atoms with Gasteiger partial charge < -0.3 is 10.6 Å². The Balaban J connectivity index is 1.48. The van der Waals surface area contributed by atoms with Crippen LogP contribution in [0.5, 0.6) is 0 Å². The van der Waals surface area contributed by atoms with Crippen LogP contribution in [0.3, 0.4) is 0 Å². The van der Waals surface area contributed by atoms with Gasteiger partial charge in [-0.1, -0.05) is 24.3 Å². The number of thioether (sulfide) groups is 1. The number of benzene rings is 2. The van der Waals surface area contributed by atoms with Crippen molar-refractivity contribution < 1.29 is 14.0 Å². The van der Waals surface area contributed by atoms with Gasteiger partial charge in [-0.2, -0.15) is 0 Å². The van der Waals surface area contributed by atoms with E-state index in [4.69, 9.17) is 0 Å². The Hall–Kier alpha value is -2.34. The van der Waals surface area contributed by atoms with Crippen molar-refractivity contribution in [2.75, 3.05) is 11.1 Å². The zero-order valence-electron chi connectivity index (χ0n) is 15.2. The highest BCUT2D eigenvalue weighted by Gasteiger charge is 2.24. The Morgan fingerprint density at radius 3 is 2.70 bits per heavy atom. The highest BCUT2D eigenvalue weighted by Crippen LogP contribution is 2.29. The molecule has 0 bridgehead atoms. The molecule has 4 nitrogen and oxygen atoms in total. The van der Waals surface area contributed by atoms with E-state index in [9.17, 15) is 14.0 Å². The standard InChI is InChI=1S/C21H23FN2O2S/c1-14(27-13-20(25)23-17-11-9-16(22)10-12-17)21(26)24-19-8-4-6-15-5-2-3-7-18(15)19/h2-3,5,7,9-12,14,19H,4,6,8,13H2,1H3,(H,23,25)(H,24,26)/t14-,19-/m0/s1. The number of halogens is 1. The third kappa shape index (κ3) is 5.32. The molecule has 0 unspecified atom stereocenters. The zero-order valence-corrected chi connectivity index (χ0v) is 16.0. The molecule has 142 valence electrons. The molecule has 2 aromatic carbocycles. The van der Waals surface area contributed by atoms with E-state index in [1.54, 1.807) is 6.92 Å². The van der Waals surface area contributed by atoms with Crippen LogP contribution in [-0.4, -0.2) is 22.8 Å². The molecule has 0 saturated carbocycles. The molecule has 27 heavy (non-hydrogen) atoms. The predicted molar refractivity (Wildman–Crippen MR) is 107 cm³/mol. The smallest absolute Gasteiger partial charge is 0.234 e. The topological polar surface area (TPSA) is 58.2 Å². The number of carbonyl (C=O) groups excluding carboxylic acids is 2. The third-order valence-corrected chi connectivity index (χ3v) is 5.79. The van der Waals surface area contributed by atoms with Crippen molar-refractivity contribution in [2.24, 2.45) is 0 Å². The normalized spacial score (nSPS) is 16.9. The van der Waals surface area contributed by atoms with E-state index in [1.165, 1.54) is 47.2 Å². The van der Waals surface area contributed by atoms with Gasteiger partial charge in [0, 0.05) is 5.69 Å². The molecule has 1 aliphatic rings. The number of carbonyl (C=O) groups is 2. The van der Waals surface area contributed by atoms with Gasteiger partial charge in [0.2, 0.25) is 11.8 Å². The average molecular weight is 386 g/mol. The largest absolute Gasteiger partial charge is 0.348 e. The van der Waals surface area contributed by atoms with Crippen LogP contribution in [0, 0.1) is 5.82 Å². The quantitative estimate of drug-likeness (QED) is 0.787. The van der Waals surface area contributed by atoms with Crippen molar-refractivity contribution >= 4 is 29.3 Å². The Kier molecular flexibility index (Phi) is 6.50. The molecule has 6 heteroatoms. The summed E-state index contributed by atoms with van der Waals surface area (Å²) in [7, 11) is 0. The van der Waals surface area contributed by atoms with Crippen LogP contribution in [0.2, 0.25) is 0 Å². The van der Waals surface area contributed by atoms with Crippen LogP contribution in [-0.2, 0) is 16.0 Å². The number of amides is 2. The molecule has 2 amide bonds. The molecule has 1 aliphatic carbocycles. The van der Waals surface area contributed by atoms with Crippen molar-refractivity contribution in [3.8, 4) is 0 Å². The molecule has 0 radical (unpaired) electrons.